The first-order valence-corrected chi connectivity index (χ1v) is 3.45. The molecule has 3 nitrogen and oxygen atoms in total. The molecule has 1 rings (SSSR count). The van der Waals surface area contributed by atoms with Crippen LogP contribution in [0, 0.1) is 4.77 Å². The van der Waals surface area contributed by atoms with Crippen molar-refractivity contribution >= 4 is 18.1 Å². The normalized spacial score (nSPS) is 9.70. The molecular weight excluding hydrogens is 148 g/mol. The van der Waals surface area contributed by atoms with Crippen LogP contribution in [-0.4, -0.2) is 15.5 Å². The molecule has 0 amide bonds. The van der Waals surface area contributed by atoms with E-state index in [-0.39, 0.29) is 5.91 Å². The van der Waals surface area contributed by atoms with E-state index in [1.165, 1.54) is 4.57 Å². The third-order valence-electron chi connectivity index (χ3n) is 1.22. The smallest absolute Gasteiger partial charge is 0.232 e. The lowest BCUT2D eigenvalue weighted by molar-refractivity contribution is 0.0907. The van der Waals surface area contributed by atoms with Crippen LogP contribution < -0.4 is 0 Å². The largest absolute Gasteiger partial charge is 0.337 e. The van der Waals surface area contributed by atoms with Gasteiger partial charge in [0.15, 0.2) is 4.77 Å². The van der Waals surface area contributed by atoms with E-state index in [0.29, 0.717) is 11.2 Å². The Labute approximate surface area is 63.7 Å². The van der Waals surface area contributed by atoms with Gasteiger partial charge in [0, 0.05) is 18.8 Å². The van der Waals surface area contributed by atoms with Crippen molar-refractivity contribution in [1.82, 2.24) is 9.55 Å². The zero-order valence-corrected chi connectivity index (χ0v) is 6.44. The molecule has 0 radical (unpaired) electrons. The van der Waals surface area contributed by atoms with Gasteiger partial charge in [0.05, 0.1) is 0 Å². The van der Waals surface area contributed by atoms with Crippen LogP contribution in [0.4, 0.5) is 0 Å². The van der Waals surface area contributed by atoms with Crippen LogP contribution in [0.1, 0.15) is 18.1 Å². The maximum atomic E-state index is 11.0. The van der Waals surface area contributed by atoms with E-state index < -0.39 is 0 Å². The highest BCUT2D eigenvalue weighted by molar-refractivity contribution is 7.71. The van der Waals surface area contributed by atoms with Gasteiger partial charge in [0.1, 0.15) is 0 Å². The molecule has 54 valence electrons. The quantitative estimate of drug-likeness (QED) is 0.627. The summed E-state index contributed by atoms with van der Waals surface area (Å²) in [6.07, 6.45) is 3.76. The van der Waals surface area contributed by atoms with Crippen LogP contribution >= 0.6 is 12.2 Å². The molecule has 0 spiro atoms. The van der Waals surface area contributed by atoms with E-state index in [1.54, 1.807) is 19.3 Å². The van der Waals surface area contributed by atoms with Gasteiger partial charge in [-0.15, -0.1) is 0 Å². The summed E-state index contributed by atoms with van der Waals surface area (Å²) in [4.78, 5) is 13.7. The van der Waals surface area contributed by atoms with Crippen molar-refractivity contribution in [3.05, 3.63) is 17.2 Å². The Morgan fingerprint density at radius 1 is 1.90 bits per heavy atom. The highest BCUT2D eigenvalue weighted by Gasteiger charge is 1.99. The van der Waals surface area contributed by atoms with Gasteiger partial charge in [0.2, 0.25) is 5.91 Å². The second-order valence-corrected chi connectivity index (χ2v) is 2.27. The van der Waals surface area contributed by atoms with Gasteiger partial charge in [-0.1, -0.05) is 6.92 Å². The summed E-state index contributed by atoms with van der Waals surface area (Å²) in [5, 5.41) is 0. The monoisotopic (exact) mass is 156 g/mol. The lowest BCUT2D eigenvalue weighted by Crippen LogP contribution is -2.06. The maximum Gasteiger partial charge on any atom is 0.232 e. The van der Waals surface area contributed by atoms with E-state index in [9.17, 15) is 4.79 Å². The van der Waals surface area contributed by atoms with Gasteiger partial charge in [0.25, 0.3) is 0 Å². The number of carbonyl (C=O) groups is 1. The van der Waals surface area contributed by atoms with Crippen LogP contribution in [0.3, 0.4) is 0 Å². The molecule has 0 aliphatic carbocycles. The standard InChI is InChI=1S/C6H8N2OS/c1-2-5(9)8-4-3-7-6(8)10/h3-4H,2H2,1H3,(H,7,10). The minimum Gasteiger partial charge on any atom is -0.337 e. The summed E-state index contributed by atoms with van der Waals surface area (Å²) in [6.45, 7) is 1.80. The van der Waals surface area contributed by atoms with Crippen LogP contribution in [-0.2, 0) is 0 Å². The van der Waals surface area contributed by atoms with E-state index in [2.05, 4.69) is 4.98 Å². The van der Waals surface area contributed by atoms with Gasteiger partial charge in [-0.2, -0.15) is 0 Å². The molecule has 0 saturated carbocycles. The maximum absolute atomic E-state index is 11.0. The lowest BCUT2D eigenvalue weighted by atomic mass is 10.4. The molecule has 0 saturated heterocycles. The summed E-state index contributed by atoms with van der Waals surface area (Å²) < 4.78 is 1.89. The zero-order chi connectivity index (χ0) is 7.56. The second-order valence-electron chi connectivity index (χ2n) is 1.88. The van der Waals surface area contributed by atoms with Gasteiger partial charge in [-0.25, -0.2) is 0 Å². The molecule has 1 aromatic rings. The van der Waals surface area contributed by atoms with Crippen molar-refractivity contribution in [2.45, 2.75) is 13.3 Å². The number of aromatic nitrogens is 2. The molecule has 0 aromatic carbocycles. The molecule has 1 N–H and O–H groups in total. The predicted octanol–water partition coefficient (Wildman–Crippen LogP) is 1.60. The minimum absolute atomic E-state index is 0.0197. The summed E-state index contributed by atoms with van der Waals surface area (Å²) in [5.41, 5.74) is 0. The number of carbonyl (C=O) groups excluding carboxylic acids is 1. The van der Waals surface area contributed by atoms with Crippen molar-refractivity contribution in [1.29, 1.82) is 0 Å². The number of rotatable bonds is 1. The van der Waals surface area contributed by atoms with E-state index in [0.717, 1.165) is 0 Å². The minimum atomic E-state index is 0.0197. The molecule has 0 atom stereocenters. The molecule has 1 heterocycles. The first kappa shape index (κ1) is 7.21. The number of H-pyrrole nitrogens is 1. The highest BCUT2D eigenvalue weighted by atomic mass is 32.1. The zero-order valence-electron chi connectivity index (χ0n) is 5.63. The third-order valence-corrected chi connectivity index (χ3v) is 1.53. The molecule has 4 heteroatoms. The van der Waals surface area contributed by atoms with Crippen molar-refractivity contribution in [2.75, 3.05) is 0 Å². The number of nitrogens with zero attached hydrogens (tertiary/aromatic N) is 1. The van der Waals surface area contributed by atoms with Gasteiger partial charge in [-0.3, -0.25) is 9.36 Å². The molecule has 0 aliphatic heterocycles. The SMILES string of the molecule is CCC(=O)n1cc[nH]c1=S. The number of hydrogen-bond donors (Lipinski definition) is 1. The average Bonchev–Trinajstić information content (AvgIpc) is 2.34. The Bertz CT molecular complexity index is 286. The fourth-order valence-corrected chi connectivity index (χ4v) is 0.918. The summed E-state index contributed by atoms with van der Waals surface area (Å²) in [7, 11) is 0. The van der Waals surface area contributed by atoms with Gasteiger partial charge in [-0.05, 0) is 12.2 Å². The third kappa shape index (κ3) is 1.16. The van der Waals surface area contributed by atoms with Crippen molar-refractivity contribution in [2.24, 2.45) is 0 Å². The van der Waals surface area contributed by atoms with Crippen LogP contribution in [0.25, 0.3) is 0 Å². The molecule has 1 aromatic heterocycles. The summed E-state index contributed by atoms with van der Waals surface area (Å²) in [6, 6.07) is 0. The Kier molecular flexibility index (Phi) is 2.01. The number of nitrogens with one attached hydrogen (secondary N) is 1. The Balaban J connectivity index is 3.05. The van der Waals surface area contributed by atoms with E-state index >= 15 is 0 Å². The summed E-state index contributed by atoms with van der Waals surface area (Å²) >= 11 is 4.81. The van der Waals surface area contributed by atoms with Gasteiger partial charge < -0.3 is 4.98 Å². The van der Waals surface area contributed by atoms with Crippen LogP contribution in [0.2, 0.25) is 0 Å². The molecule has 0 unspecified atom stereocenters. The Hall–Kier alpha value is -0.900. The molecule has 0 bridgehead atoms. The van der Waals surface area contributed by atoms with Crippen molar-refractivity contribution in [3.8, 4) is 0 Å². The molecule has 0 aliphatic rings. The number of aromatic amines is 1. The fourth-order valence-electron chi connectivity index (χ4n) is 0.687. The lowest BCUT2D eigenvalue weighted by Gasteiger charge is -1.93. The van der Waals surface area contributed by atoms with E-state index in [1.807, 2.05) is 0 Å². The average molecular weight is 156 g/mol. The fraction of sp³-hybridized carbons (Fsp3) is 0.333. The summed E-state index contributed by atoms with van der Waals surface area (Å²) in [5.74, 6) is 0.0197. The van der Waals surface area contributed by atoms with Crippen LogP contribution in [0.5, 0.6) is 0 Å². The van der Waals surface area contributed by atoms with Crippen molar-refractivity contribution in [3.63, 3.8) is 0 Å². The Morgan fingerprint density at radius 2 is 2.60 bits per heavy atom. The molecule has 10 heavy (non-hydrogen) atoms. The topological polar surface area (TPSA) is 37.8 Å². The Morgan fingerprint density at radius 3 is 3.00 bits per heavy atom. The van der Waals surface area contributed by atoms with Crippen LogP contribution in [0.15, 0.2) is 12.4 Å². The van der Waals surface area contributed by atoms with E-state index in [4.69, 9.17) is 12.2 Å². The second kappa shape index (κ2) is 2.79. The molecule has 0 fully saturated rings. The first-order valence-electron chi connectivity index (χ1n) is 3.05. The van der Waals surface area contributed by atoms with Crippen molar-refractivity contribution < 1.29 is 4.79 Å². The number of imidazole rings is 1. The van der Waals surface area contributed by atoms with Gasteiger partial charge >= 0.3 is 0 Å². The number of hydrogen-bond acceptors (Lipinski definition) is 2. The highest BCUT2D eigenvalue weighted by Crippen LogP contribution is 1.92. The molecular formula is C6H8N2OS. The first-order chi connectivity index (χ1) is 4.75. The predicted molar refractivity (Wildman–Crippen MR) is 40.5 cm³/mol.